The molecule has 3 rings (SSSR count). The van der Waals surface area contributed by atoms with Crippen LogP contribution in [0.5, 0.6) is 40.2 Å². The number of carbonyl (C=O) groups excluding carboxylic acids is 1. The minimum Gasteiger partial charge on any atom is -0.504 e. The van der Waals surface area contributed by atoms with Crippen LogP contribution in [0.15, 0.2) is 54.7 Å². The highest BCUT2D eigenvalue weighted by Crippen LogP contribution is 2.39. The average molecular weight is 508 g/mol. The molecule has 9 nitrogen and oxygen atoms in total. The number of methoxy groups -OCH3 is 5. The Balaban J connectivity index is 1.84. The lowest BCUT2D eigenvalue weighted by Crippen LogP contribution is -1.98. The lowest BCUT2D eigenvalue weighted by molar-refractivity contribution is 0.104. The van der Waals surface area contributed by atoms with E-state index < -0.39 is 0 Å². The first kappa shape index (κ1) is 26.8. The van der Waals surface area contributed by atoms with Crippen LogP contribution in [0.4, 0.5) is 5.69 Å². The summed E-state index contributed by atoms with van der Waals surface area (Å²) in [5.41, 5.74) is 2.17. The van der Waals surface area contributed by atoms with Crippen molar-refractivity contribution in [1.82, 2.24) is 0 Å². The average Bonchev–Trinajstić information content (AvgIpc) is 2.90. The molecule has 0 saturated heterocycles. The maximum Gasteiger partial charge on any atom is 0.203 e. The van der Waals surface area contributed by atoms with Crippen LogP contribution in [0.1, 0.15) is 21.5 Å². The van der Waals surface area contributed by atoms with Crippen molar-refractivity contribution in [2.24, 2.45) is 0 Å². The number of anilines is 1. The van der Waals surface area contributed by atoms with E-state index in [2.05, 4.69) is 5.32 Å². The van der Waals surface area contributed by atoms with Gasteiger partial charge in [-0.05, 0) is 53.6 Å². The zero-order chi connectivity index (χ0) is 26.9. The summed E-state index contributed by atoms with van der Waals surface area (Å²) in [7, 11) is 7.48. The molecule has 3 aromatic rings. The van der Waals surface area contributed by atoms with Crippen LogP contribution in [0.3, 0.4) is 0 Å². The van der Waals surface area contributed by atoms with Crippen LogP contribution in [0.25, 0.3) is 12.2 Å². The molecule has 194 valence electrons. The quantitative estimate of drug-likeness (QED) is 0.185. The van der Waals surface area contributed by atoms with E-state index in [4.69, 9.17) is 23.7 Å². The summed E-state index contributed by atoms with van der Waals surface area (Å²) in [6, 6.07) is 11.3. The van der Waals surface area contributed by atoms with Crippen LogP contribution < -0.4 is 29.0 Å². The van der Waals surface area contributed by atoms with Crippen molar-refractivity contribution < 1.29 is 38.7 Å². The smallest absolute Gasteiger partial charge is 0.203 e. The maximum absolute atomic E-state index is 12.5. The fourth-order valence-electron chi connectivity index (χ4n) is 3.59. The Labute approximate surface area is 215 Å². The molecular formula is C28H29NO8. The highest BCUT2D eigenvalue weighted by molar-refractivity contribution is 6.05. The lowest BCUT2D eigenvalue weighted by Gasteiger charge is -2.13. The molecule has 37 heavy (non-hydrogen) atoms. The Bertz CT molecular complexity index is 1300. The standard InChI is InChI=1S/C28H29NO8/c1-33-24-9-8-19(16-22(24)31)21(30)10-11-29-20-12-17(13-23(32)27(20)36-4)6-7-18-14-25(34-2)28(37-5)26(15-18)35-3/h6-16,29,31-32H,1-5H3/b7-6-,11-10-. The van der Waals surface area contributed by atoms with Crippen LogP contribution in [0.2, 0.25) is 0 Å². The second kappa shape index (κ2) is 12.3. The van der Waals surface area contributed by atoms with Crippen LogP contribution in [-0.4, -0.2) is 51.5 Å². The van der Waals surface area contributed by atoms with Gasteiger partial charge in [-0.3, -0.25) is 4.79 Å². The molecule has 0 spiro atoms. The molecule has 0 saturated carbocycles. The van der Waals surface area contributed by atoms with Crippen molar-refractivity contribution in [3.05, 3.63) is 71.4 Å². The third-order valence-corrected chi connectivity index (χ3v) is 5.39. The fourth-order valence-corrected chi connectivity index (χ4v) is 3.59. The van der Waals surface area contributed by atoms with Crippen molar-refractivity contribution in [3.63, 3.8) is 0 Å². The molecule has 0 amide bonds. The Morgan fingerprint density at radius 1 is 0.703 bits per heavy atom. The van der Waals surface area contributed by atoms with E-state index in [0.29, 0.717) is 28.5 Å². The minimum atomic E-state index is -0.341. The van der Waals surface area contributed by atoms with Crippen LogP contribution in [0, 0.1) is 0 Å². The summed E-state index contributed by atoms with van der Waals surface area (Å²) in [4.78, 5) is 12.5. The molecule has 0 bridgehead atoms. The van der Waals surface area contributed by atoms with Gasteiger partial charge in [0, 0.05) is 17.8 Å². The molecule has 9 heteroatoms. The summed E-state index contributed by atoms with van der Waals surface area (Å²) in [5, 5.41) is 23.4. The zero-order valence-electron chi connectivity index (χ0n) is 21.2. The first-order chi connectivity index (χ1) is 17.8. The highest BCUT2D eigenvalue weighted by atomic mass is 16.5. The number of hydrogen-bond donors (Lipinski definition) is 3. The van der Waals surface area contributed by atoms with Crippen LogP contribution in [-0.2, 0) is 0 Å². The molecule has 0 atom stereocenters. The molecule has 0 unspecified atom stereocenters. The minimum absolute atomic E-state index is 0.0863. The Hall–Kier alpha value is -4.79. The van der Waals surface area contributed by atoms with E-state index in [0.717, 1.165) is 5.56 Å². The number of phenolic OH excluding ortho intramolecular Hbond substituents is 2. The number of phenols is 2. The number of rotatable bonds is 11. The van der Waals surface area contributed by atoms with Crippen molar-refractivity contribution in [1.29, 1.82) is 0 Å². The molecule has 3 aromatic carbocycles. The number of ketones is 1. The van der Waals surface area contributed by atoms with Gasteiger partial charge in [-0.1, -0.05) is 12.2 Å². The van der Waals surface area contributed by atoms with Crippen molar-refractivity contribution in [2.75, 3.05) is 40.9 Å². The van der Waals surface area contributed by atoms with Gasteiger partial charge in [-0.25, -0.2) is 0 Å². The summed E-state index contributed by atoms with van der Waals surface area (Å²) >= 11 is 0. The van der Waals surface area contributed by atoms with E-state index >= 15 is 0 Å². The maximum atomic E-state index is 12.5. The molecule has 0 aliphatic rings. The Kier molecular flexibility index (Phi) is 8.88. The predicted molar refractivity (Wildman–Crippen MR) is 141 cm³/mol. The molecular weight excluding hydrogens is 478 g/mol. The third-order valence-electron chi connectivity index (χ3n) is 5.39. The fraction of sp³-hybridized carbons (Fsp3) is 0.179. The summed E-state index contributed by atoms with van der Waals surface area (Å²) in [6.45, 7) is 0. The van der Waals surface area contributed by atoms with Crippen molar-refractivity contribution in [2.45, 2.75) is 0 Å². The van der Waals surface area contributed by atoms with Gasteiger partial charge in [-0.15, -0.1) is 0 Å². The van der Waals surface area contributed by atoms with E-state index in [1.165, 1.54) is 45.7 Å². The van der Waals surface area contributed by atoms with Gasteiger partial charge in [0.1, 0.15) is 0 Å². The summed E-state index contributed by atoms with van der Waals surface area (Å²) in [6.07, 6.45) is 6.34. The van der Waals surface area contributed by atoms with Crippen molar-refractivity contribution in [3.8, 4) is 40.2 Å². The third kappa shape index (κ3) is 6.26. The zero-order valence-corrected chi connectivity index (χ0v) is 21.2. The van der Waals surface area contributed by atoms with Gasteiger partial charge in [0.2, 0.25) is 5.75 Å². The van der Waals surface area contributed by atoms with Gasteiger partial charge in [0.25, 0.3) is 0 Å². The second-order valence-electron chi connectivity index (χ2n) is 7.64. The van der Waals surface area contributed by atoms with Gasteiger partial charge in [0.05, 0.1) is 41.2 Å². The van der Waals surface area contributed by atoms with E-state index in [9.17, 15) is 15.0 Å². The Morgan fingerprint density at radius 2 is 1.30 bits per heavy atom. The largest absolute Gasteiger partial charge is 0.504 e. The van der Waals surface area contributed by atoms with E-state index in [1.54, 1.807) is 50.6 Å². The number of carbonyl (C=O) groups is 1. The SMILES string of the molecule is COc1ccc(C(=O)/C=C\Nc2cc(/C=C\c3cc(OC)c(OC)c(OC)c3)cc(O)c2OC)cc1O. The number of ether oxygens (including phenoxy) is 5. The molecule has 3 N–H and O–H groups in total. The number of allylic oxidation sites excluding steroid dienone is 1. The molecule has 0 radical (unpaired) electrons. The Morgan fingerprint density at radius 3 is 1.84 bits per heavy atom. The first-order valence-corrected chi connectivity index (χ1v) is 11.1. The monoisotopic (exact) mass is 507 g/mol. The van der Waals surface area contributed by atoms with Gasteiger partial charge in [0.15, 0.2) is 40.3 Å². The summed E-state index contributed by atoms with van der Waals surface area (Å²) < 4.78 is 26.4. The summed E-state index contributed by atoms with van der Waals surface area (Å²) in [5.74, 6) is 1.45. The molecule has 0 aliphatic heterocycles. The van der Waals surface area contributed by atoms with Gasteiger partial charge < -0.3 is 39.2 Å². The molecule has 0 aromatic heterocycles. The second-order valence-corrected chi connectivity index (χ2v) is 7.64. The normalized spacial score (nSPS) is 10.9. The van der Waals surface area contributed by atoms with E-state index in [1.807, 2.05) is 6.08 Å². The van der Waals surface area contributed by atoms with Crippen LogP contribution >= 0.6 is 0 Å². The molecule has 0 fully saturated rings. The molecule has 0 aliphatic carbocycles. The predicted octanol–water partition coefficient (Wildman–Crippen LogP) is 5.12. The number of nitrogens with one attached hydrogen (secondary N) is 1. The first-order valence-electron chi connectivity index (χ1n) is 11.1. The van der Waals surface area contributed by atoms with Gasteiger partial charge >= 0.3 is 0 Å². The lowest BCUT2D eigenvalue weighted by atomic mass is 10.1. The number of benzene rings is 3. The molecule has 0 heterocycles. The highest BCUT2D eigenvalue weighted by Gasteiger charge is 2.13. The topological polar surface area (TPSA) is 116 Å². The van der Waals surface area contributed by atoms with Gasteiger partial charge in [-0.2, -0.15) is 0 Å². The van der Waals surface area contributed by atoms with E-state index in [-0.39, 0.29) is 34.3 Å². The number of aromatic hydroxyl groups is 2. The number of hydrogen-bond acceptors (Lipinski definition) is 9. The van der Waals surface area contributed by atoms with Crippen molar-refractivity contribution >= 4 is 23.6 Å².